The molecular weight excluding hydrogens is 276 g/mol. The lowest BCUT2D eigenvalue weighted by molar-refractivity contribution is 0.113. The molecular formula is C23H48. The molecule has 0 aromatic carbocycles. The first-order chi connectivity index (χ1) is 10.5. The molecule has 0 saturated heterocycles. The number of unbranched alkanes of at least 4 members (excludes halogenated alkanes) is 2. The van der Waals surface area contributed by atoms with Crippen LogP contribution in [-0.4, -0.2) is 0 Å². The third-order valence-corrected chi connectivity index (χ3v) is 7.19. The normalized spacial score (nSPS) is 20.6. The molecule has 0 radical (unpaired) electrons. The zero-order valence-corrected chi connectivity index (χ0v) is 18.2. The van der Waals surface area contributed by atoms with E-state index in [0.717, 1.165) is 35.5 Å². The average Bonchev–Trinajstić information content (AvgIpc) is 2.48. The summed E-state index contributed by atoms with van der Waals surface area (Å²) in [6, 6.07) is 0. The monoisotopic (exact) mass is 324 g/mol. The van der Waals surface area contributed by atoms with Gasteiger partial charge in [-0.2, -0.15) is 0 Å². The summed E-state index contributed by atoms with van der Waals surface area (Å²) >= 11 is 0. The summed E-state index contributed by atoms with van der Waals surface area (Å²) in [7, 11) is 0. The maximum Gasteiger partial charge on any atom is -0.0354 e. The molecule has 0 fully saturated rings. The van der Waals surface area contributed by atoms with Crippen LogP contribution in [0.25, 0.3) is 0 Å². The molecule has 0 aliphatic heterocycles. The van der Waals surface area contributed by atoms with Crippen molar-refractivity contribution >= 4 is 0 Å². The summed E-state index contributed by atoms with van der Waals surface area (Å²) in [5, 5.41) is 0. The predicted molar refractivity (Wildman–Crippen MR) is 108 cm³/mol. The molecule has 0 bridgehead atoms. The van der Waals surface area contributed by atoms with Gasteiger partial charge in [-0.1, -0.05) is 108 Å². The van der Waals surface area contributed by atoms with Crippen LogP contribution in [0.5, 0.6) is 0 Å². The third-order valence-electron chi connectivity index (χ3n) is 7.19. The summed E-state index contributed by atoms with van der Waals surface area (Å²) in [4.78, 5) is 0. The zero-order chi connectivity index (χ0) is 18.2. The topological polar surface area (TPSA) is 0 Å². The van der Waals surface area contributed by atoms with E-state index in [1.807, 2.05) is 0 Å². The van der Waals surface area contributed by atoms with E-state index in [1.54, 1.807) is 0 Å². The summed E-state index contributed by atoms with van der Waals surface area (Å²) in [5.74, 6) is 5.05. The van der Waals surface area contributed by atoms with E-state index in [0.29, 0.717) is 5.41 Å². The van der Waals surface area contributed by atoms with Gasteiger partial charge in [-0.3, -0.25) is 0 Å². The van der Waals surface area contributed by atoms with Crippen molar-refractivity contribution in [2.75, 3.05) is 0 Å². The Hall–Kier alpha value is 0. The maximum absolute atomic E-state index is 2.49. The van der Waals surface area contributed by atoms with E-state index in [9.17, 15) is 0 Å². The molecule has 0 aliphatic rings. The quantitative estimate of drug-likeness (QED) is 0.336. The summed E-state index contributed by atoms with van der Waals surface area (Å²) in [5.41, 5.74) is 0.425. The molecule has 140 valence electrons. The zero-order valence-electron chi connectivity index (χ0n) is 18.2. The fourth-order valence-electron chi connectivity index (χ4n) is 3.84. The standard InChI is InChI=1S/C23H48/c1-11-12-13-14-17(2)18(3)15-16-19(4)20(5)21(6)22(7)23(8,9)10/h17-22H,11-16H2,1-10H3. The van der Waals surface area contributed by atoms with Gasteiger partial charge in [-0.15, -0.1) is 0 Å². The van der Waals surface area contributed by atoms with Crippen LogP contribution in [0.15, 0.2) is 0 Å². The van der Waals surface area contributed by atoms with Gasteiger partial charge in [0.25, 0.3) is 0 Å². The Morgan fingerprint density at radius 2 is 1.09 bits per heavy atom. The van der Waals surface area contributed by atoms with Gasteiger partial charge in [0.2, 0.25) is 0 Å². The summed E-state index contributed by atoms with van der Waals surface area (Å²) < 4.78 is 0. The summed E-state index contributed by atoms with van der Waals surface area (Å²) in [6.07, 6.45) is 8.42. The number of rotatable bonds is 11. The van der Waals surface area contributed by atoms with Crippen molar-refractivity contribution in [2.24, 2.45) is 40.9 Å². The first-order valence-corrected chi connectivity index (χ1v) is 10.5. The van der Waals surface area contributed by atoms with Crippen molar-refractivity contribution in [3.8, 4) is 0 Å². The van der Waals surface area contributed by atoms with Crippen LogP contribution in [0.2, 0.25) is 0 Å². The largest absolute Gasteiger partial charge is 0.0654 e. The van der Waals surface area contributed by atoms with Gasteiger partial charge in [-0.05, 0) is 40.9 Å². The van der Waals surface area contributed by atoms with Crippen molar-refractivity contribution in [2.45, 2.75) is 108 Å². The number of hydrogen-bond donors (Lipinski definition) is 0. The Kier molecular flexibility index (Phi) is 10.8. The molecule has 0 aromatic heterocycles. The maximum atomic E-state index is 2.49. The minimum absolute atomic E-state index is 0.425. The first kappa shape index (κ1) is 23.0. The highest BCUT2D eigenvalue weighted by atomic mass is 14.4. The van der Waals surface area contributed by atoms with Crippen molar-refractivity contribution in [1.82, 2.24) is 0 Å². The Morgan fingerprint density at radius 1 is 0.609 bits per heavy atom. The molecule has 6 unspecified atom stereocenters. The second-order valence-electron chi connectivity index (χ2n) is 9.88. The van der Waals surface area contributed by atoms with Crippen LogP contribution in [0, 0.1) is 40.9 Å². The Bertz CT molecular complexity index is 285. The molecule has 6 atom stereocenters. The lowest BCUT2D eigenvalue weighted by Crippen LogP contribution is -2.30. The predicted octanol–water partition coefficient (Wildman–Crippen LogP) is 8.21. The van der Waals surface area contributed by atoms with Crippen LogP contribution in [0.4, 0.5) is 0 Å². The minimum Gasteiger partial charge on any atom is -0.0654 e. The van der Waals surface area contributed by atoms with Crippen LogP contribution < -0.4 is 0 Å². The highest BCUT2D eigenvalue weighted by molar-refractivity contribution is 4.80. The van der Waals surface area contributed by atoms with Gasteiger partial charge < -0.3 is 0 Å². The van der Waals surface area contributed by atoms with Gasteiger partial charge in [0.05, 0.1) is 0 Å². The third kappa shape index (κ3) is 8.59. The van der Waals surface area contributed by atoms with Gasteiger partial charge in [0.1, 0.15) is 0 Å². The Labute approximate surface area is 149 Å². The minimum atomic E-state index is 0.425. The Morgan fingerprint density at radius 3 is 1.57 bits per heavy atom. The average molecular weight is 325 g/mol. The molecule has 0 saturated carbocycles. The molecule has 0 aromatic rings. The highest BCUT2D eigenvalue weighted by Gasteiger charge is 2.31. The van der Waals surface area contributed by atoms with Gasteiger partial charge in [0, 0.05) is 0 Å². The van der Waals surface area contributed by atoms with Crippen LogP contribution in [-0.2, 0) is 0 Å². The molecule has 0 heteroatoms. The molecule has 0 amide bonds. The van der Waals surface area contributed by atoms with E-state index < -0.39 is 0 Å². The summed E-state index contributed by atoms with van der Waals surface area (Å²) in [6.45, 7) is 24.4. The first-order valence-electron chi connectivity index (χ1n) is 10.5. The Balaban J connectivity index is 4.29. The van der Waals surface area contributed by atoms with Crippen molar-refractivity contribution < 1.29 is 0 Å². The van der Waals surface area contributed by atoms with Crippen molar-refractivity contribution in [1.29, 1.82) is 0 Å². The second-order valence-corrected chi connectivity index (χ2v) is 9.88. The van der Waals surface area contributed by atoms with E-state index in [-0.39, 0.29) is 0 Å². The smallest absolute Gasteiger partial charge is 0.0354 e. The highest BCUT2D eigenvalue weighted by Crippen LogP contribution is 2.39. The van der Waals surface area contributed by atoms with E-state index >= 15 is 0 Å². The lowest BCUT2D eigenvalue weighted by Gasteiger charge is -2.38. The lowest BCUT2D eigenvalue weighted by atomic mass is 9.67. The van der Waals surface area contributed by atoms with Gasteiger partial charge in [-0.25, -0.2) is 0 Å². The van der Waals surface area contributed by atoms with Crippen LogP contribution >= 0.6 is 0 Å². The van der Waals surface area contributed by atoms with Crippen LogP contribution in [0.1, 0.15) is 108 Å². The SMILES string of the molecule is CCCCCC(C)C(C)CCC(C)C(C)C(C)C(C)C(C)(C)C. The van der Waals surface area contributed by atoms with Crippen LogP contribution in [0.3, 0.4) is 0 Å². The van der Waals surface area contributed by atoms with Crippen molar-refractivity contribution in [3.63, 3.8) is 0 Å². The molecule has 0 spiro atoms. The fourth-order valence-corrected chi connectivity index (χ4v) is 3.84. The molecule has 23 heavy (non-hydrogen) atoms. The van der Waals surface area contributed by atoms with Crippen molar-refractivity contribution in [3.05, 3.63) is 0 Å². The molecule has 0 aliphatic carbocycles. The van der Waals surface area contributed by atoms with E-state index in [2.05, 4.69) is 69.2 Å². The number of hydrogen-bond acceptors (Lipinski definition) is 0. The van der Waals surface area contributed by atoms with E-state index in [4.69, 9.17) is 0 Å². The molecule has 0 N–H and O–H groups in total. The molecule has 0 heterocycles. The van der Waals surface area contributed by atoms with Gasteiger partial charge >= 0.3 is 0 Å². The molecule has 0 nitrogen and oxygen atoms in total. The van der Waals surface area contributed by atoms with Gasteiger partial charge in [0.15, 0.2) is 0 Å². The van der Waals surface area contributed by atoms with E-state index in [1.165, 1.54) is 38.5 Å². The second kappa shape index (κ2) is 10.8. The fraction of sp³-hybridized carbons (Fsp3) is 1.00. The molecule has 0 rings (SSSR count).